The zero-order valence-electron chi connectivity index (χ0n) is 16.7. The number of benzene rings is 3. The van der Waals surface area contributed by atoms with Crippen molar-refractivity contribution in [3.05, 3.63) is 94.0 Å². The van der Waals surface area contributed by atoms with Crippen molar-refractivity contribution in [3.8, 4) is 5.75 Å². The molecule has 0 saturated heterocycles. The molecule has 0 bridgehead atoms. The lowest BCUT2D eigenvalue weighted by Crippen LogP contribution is -2.42. The van der Waals surface area contributed by atoms with Crippen LogP contribution in [0.15, 0.2) is 82.3 Å². The summed E-state index contributed by atoms with van der Waals surface area (Å²) in [6.45, 7) is 0.0763. The lowest BCUT2D eigenvalue weighted by atomic mass is 9.93. The number of fused-ring (bicyclic) bond motifs is 1. The molecule has 1 aliphatic heterocycles. The molecule has 1 unspecified atom stereocenters. The van der Waals surface area contributed by atoms with Crippen LogP contribution in [0.1, 0.15) is 22.7 Å². The topological polar surface area (TPSA) is 51.1 Å². The average molecular weight is 465 g/mol. The van der Waals surface area contributed by atoms with Crippen LogP contribution in [-0.2, 0) is 9.53 Å². The molecule has 152 valence electrons. The SMILES string of the molecule is COC(=O)CN1C(c2ccc(OC)cc2)=Nc2ccc(Br)cc2C1c1ccccc1. The monoisotopic (exact) mass is 464 g/mol. The number of hydrogen-bond donors (Lipinski definition) is 0. The highest BCUT2D eigenvalue weighted by Gasteiger charge is 2.33. The lowest BCUT2D eigenvalue weighted by molar-refractivity contribution is -0.141. The first kappa shape index (κ1) is 20.2. The van der Waals surface area contributed by atoms with Crippen molar-refractivity contribution in [2.75, 3.05) is 20.8 Å². The van der Waals surface area contributed by atoms with Crippen molar-refractivity contribution in [1.29, 1.82) is 0 Å². The van der Waals surface area contributed by atoms with Gasteiger partial charge in [0.1, 0.15) is 18.1 Å². The Morgan fingerprint density at radius 2 is 1.77 bits per heavy atom. The molecule has 0 N–H and O–H groups in total. The van der Waals surface area contributed by atoms with Crippen molar-refractivity contribution in [3.63, 3.8) is 0 Å². The molecule has 5 nitrogen and oxygen atoms in total. The predicted octanol–water partition coefficient (Wildman–Crippen LogP) is 5.11. The summed E-state index contributed by atoms with van der Waals surface area (Å²) in [6.07, 6.45) is 0. The summed E-state index contributed by atoms with van der Waals surface area (Å²) in [6, 6.07) is 23.7. The Hall–Kier alpha value is -3.12. The fourth-order valence-corrected chi connectivity index (χ4v) is 4.03. The van der Waals surface area contributed by atoms with E-state index in [9.17, 15) is 4.79 Å². The number of carbonyl (C=O) groups is 1. The van der Waals surface area contributed by atoms with Crippen LogP contribution in [0.3, 0.4) is 0 Å². The molecule has 1 aliphatic rings. The number of hydrogen-bond acceptors (Lipinski definition) is 5. The van der Waals surface area contributed by atoms with Gasteiger partial charge in [0.25, 0.3) is 0 Å². The van der Waals surface area contributed by atoms with Gasteiger partial charge in [-0.25, -0.2) is 4.99 Å². The minimum atomic E-state index is -0.324. The Labute approximate surface area is 184 Å². The van der Waals surface area contributed by atoms with E-state index in [0.717, 1.165) is 32.6 Å². The summed E-state index contributed by atoms with van der Waals surface area (Å²) in [5.41, 5.74) is 3.87. The molecule has 6 heteroatoms. The first-order valence-electron chi connectivity index (χ1n) is 9.51. The number of methoxy groups -OCH3 is 2. The smallest absolute Gasteiger partial charge is 0.325 e. The fourth-order valence-electron chi connectivity index (χ4n) is 3.65. The third-order valence-corrected chi connectivity index (χ3v) is 5.58. The van der Waals surface area contributed by atoms with Gasteiger partial charge in [-0.1, -0.05) is 46.3 Å². The van der Waals surface area contributed by atoms with Crippen LogP contribution in [-0.4, -0.2) is 37.5 Å². The molecule has 0 aromatic heterocycles. The molecule has 0 fully saturated rings. The van der Waals surface area contributed by atoms with Gasteiger partial charge in [-0.3, -0.25) is 4.79 Å². The van der Waals surface area contributed by atoms with E-state index < -0.39 is 0 Å². The highest BCUT2D eigenvalue weighted by Crippen LogP contribution is 2.41. The summed E-state index contributed by atoms with van der Waals surface area (Å²) < 4.78 is 11.3. The molecule has 4 rings (SSSR count). The van der Waals surface area contributed by atoms with E-state index in [2.05, 4.69) is 34.1 Å². The zero-order valence-corrected chi connectivity index (χ0v) is 18.3. The Morgan fingerprint density at radius 3 is 2.43 bits per heavy atom. The van der Waals surface area contributed by atoms with Crippen LogP contribution in [0, 0.1) is 0 Å². The maximum Gasteiger partial charge on any atom is 0.325 e. The highest BCUT2D eigenvalue weighted by atomic mass is 79.9. The standard InChI is InChI=1S/C24H21BrN2O3/c1-29-19-11-8-17(9-12-19)24-26-21-13-10-18(25)14-20(21)23(16-6-4-3-5-7-16)27(24)15-22(28)30-2/h3-14,23H,15H2,1-2H3. The van der Waals surface area contributed by atoms with Crippen molar-refractivity contribution in [1.82, 2.24) is 4.90 Å². The second-order valence-electron chi connectivity index (χ2n) is 6.88. The van der Waals surface area contributed by atoms with Gasteiger partial charge in [0, 0.05) is 15.6 Å². The van der Waals surface area contributed by atoms with Crippen LogP contribution >= 0.6 is 15.9 Å². The first-order valence-corrected chi connectivity index (χ1v) is 10.3. The minimum Gasteiger partial charge on any atom is -0.497 e. The molecular weight excluding hydrogens is 444 g/mol. The Morgan fingerprint density at radius 1 is 1.03 bits per heavy atom. The van der Waals surface area contributed by atoms with E-state index in [1.165, 1.54) is 7.11 Å². The summed E-state index contributed by atoms with van der Waals surface area (Å²) in [7, 11) is 3.04. The quantitative estimate of drug-likeness (QED) is 0.492. The highest BCUT2D eigenvalue weighted by molar-refractivity contribution is 9.10. The van der Waals surface area contributed by atoms with Crippen LogP contribution in [0.4, 0.5) is 5.69 Å². The third-order valence-electron chi connectivity index (χ3n) is 5.08. The fraction of sp³-hybridized carbons (Fsp3) is 0.167. The molecular formula is C24H21BrN2O3. The van der Waals surface area contributed by atoms with Gasteiger partial charge in [0.15, 0.2) is 0 Å². The maximum absolute atomic E-state index is 12.4. The van der Waals surface area contributed by atoms with Crippen molar-refractivity contribution in [2.45, 2.75) is 6.04 Å². The minimum absolute atomic E-state index is 0.0763. The van der Waals surface area contributed by atoms with E-state index in [-0.39, 0.29) is 18.6 Å². The Balaban J connectivity index is 1.91. The predicted molar refractivity (Wildman–Crippen MR) is 120 cm³/mol. The number of halogens is 1. The van der Waals surface area contributed by atoms with Crippen molar-refractivity contribution < 1.29 is 14.3 Å². The largest absolute Gasteiger partial charge is 0.497 e. The third kappa shape index (κ3) is 3.96. The summed E-state index contributed by atoms with van der Waals surface area (Å²) in [5.74, 6) is 1.15. The normalized spacial score (nSPS) is 15.2. The zero-order chi connectivity index (χ0) is 21.1. The molecule has 0 radical (unpaired) electrons. The van der Waals surface area contributed by atoms with Crippen molar-refractivity contribution in [2.24, 2.45) is 4.99 Å². The second kappa shape index (κ2) is 8.71. The molecule has 0 aliphatic carbocycles. The van der Waals surface area contributed by atoms with Gasteiger partial charge in [0.05, 0.1) is 25.9 Å². The van der Waals surface area contributed by atoms with Gasteiger partial charge in [-0.05, 0) is 48.0 Å². The Kier molecular flexibility index (Phi) is 5.86. The molecule has 1 heterocycles. The molecule has 30 heavy (non-hydrogen) atoms. The average Bonchev–Trinajstić information content (AvgIpc) is 2.79. The number of ether oxygens (including phenoxy) is 2. The molecule has 0 spiro atoms. The van der Waals surface area contributed by atoms with Gasteiger partial charge < -0.3 is 14.4 Å². The lowest BCUT2D eigenvalue weighted by Gasteiger charge is -2.38. The van der Waals surface area contributed by atoms with E-state index in [1.807, 2.05) is 59.5 Å². The van der Waals surface area contributed by atoms with Crippen LogP contribution < -0.4 is 4.74 Å². The molecule has 0 amide bonds. The maximum atomic E-state index is 12.4. The molecule has 0 saturated carbocycles. The summed E-state index contributed by atoms with van der Waals surface area (Å²) in [4.78, 5) is 19.3. The van der Waals surface area contributed by atoms with Crippen LogP contribution in [0.2, 0.25) is 0 Å². The number of amidine groups is 1. The molecule has 3 aromatic rings. The first-order chi connectivity index (χ1) is 14.6. The summed E-state index contributed by atoms with van der Waals surface area (Å²) in [5, 5.41) is 0. The molecule has 3 aromatic carbocycles. The number of carbonyl (C=O) groups excluding carboxylic acids is 1. The number of rotatable bonds is 5. The number of aliphatic imine (C=N–C) groups is 1. The van der Waals surface area contributed by atoms with E-state index in [1.54, 1.807) is 7.11 Å². The molecule has 1 atom stereocenters. The van der Waals surface area contributed by atoms with E-state index in [0.29, 0.717) is 5.84 Å². The Bertz CT molecular complexity index is 1080. The van der Waals surface area contributed by atoms with Crippen LogP contribution in [0.5, 0.6) is 5.75 Å². The van der Waals surface area contributed by atoms with Crippen molar-refractivity contribution >= 4 is 33.4 Å². The van der Waals surface area contributed by atoms with E-state index in [4.69, 9.17) is 14.5 Å². The number of esters is 1. The van der Waals surface area contributed by atoms with E-state index >= 15 is 0 Å². The second-order valence-corrected chi connectivity index (χ2v) is 7.80. The van der Waals surface area contributed by atoms with Gasteiger partial charge >= 0.3 is 5.97 Å². The van der Waals surface area contributed by atoms with Gasteiger partial charge in [-0.2, -0.15) is 0 Å². The van der Waals surface area contributed by atoms with Gasteiger partial charge in [0.2, 0.25) is 0 Å². The van der Waals surface area contributed by atoms with Gasteiger partial charge in [-0.15, -0.1) is 0 Å². The number of nitrogens with zero attached hydrogens (tertiary/aromatic N) is 2. The summed E-state index contributed by atoms with van der Waals surface area (Å²) >= 11 is 3.58. The van der Waals surface area contributed by atoms with Crippen LogP contribution in [0.25, 0.3) is 0 Å².